The van der Waals surface area contributed by atoms with Gasteiger partial charge in [-0.2, -0.15) is 0 Å². The number of thiazole rings is 1. The van der Waals surface area contributed by atoms with Gasteiger partial charge in [0.05, 0.1) is 54.4 Å². The Balaban J connectivity index is 0.742. The van der Waals surface area contributed by atoms with E-state index in [2.05, 4.69) is 58.8 Å². The Morgan fingerprint density at radius 1 is 0.768 bits per heavy atom. The molecule has 56 heavy (non-hydrogen) atoms. The number of amides is 4. The van der Waals surface area contributed by atoms with Crippen LogP contribution in [0.25, 0.3) is 31.9 Å². The maximum absolute atomic E-state index is 13.0. The fourth-order valence-electron chi connectivity index (χ4n) is 6.55. The number of carbonyl (C=O) groups is 4. The quantitative estimate of drug-likeness (QED) is 0.0882. The van der Waals surface area contributed by atoms with Crippen LogP contribution in [-0.4, -0.2) is 105 Å². The number of nitrogens with one attached hydrogen (secondary N) is 1. The van der Waals surface area contributed by atoms with Crippen molar-refractivity contribution in [3.8, 4) is 27.4 Å². The highest BCUT2D eigenvalue weighted by Gasteiger charge is 2.44. The molecule has 0 bridgehead atoms. The number of piperidine rings is 1. The molecular weight excluding hydrogens is 735 g/mol. The summed E-state index contributed by atoms with van der Waals surface area (Å²) in [5.74, 6) is -0.859. The Hall–Kier alpha value is -5.54. The predicted molar refractivity (Wildman–Crippen MR) is 212 cm³/mol. The van der Waals surface area contributed by atoms with Crippen molar-refractivity contribution in [1.29, 1.82) is 0 Å². The van der Waals surface area contributed by atoms with Gasteiger partial charge in [-0.25, -0.2) is 9.97 Å². The number of hydrogen-bond donors (Lipinski definition) is 1. The first kappa shape index (κ1) is 38.7. The summed E-state index contributed by atoms with van der Waals surface area (Å²) in [5, 5.41) is 3.19. The van der Waals surface area contributed by atoms with Crippen molar-refractivity contribution in [2.45, 2.75) is 31.7 Å². The number of pyridine rings is 1. The van der Waals surface area contributed by atoms with Gasteiger partial charge in [0.2, 0.25) is 11.8 Å². The summed E-state index contributed by atoms with van der Waals surface area (Å²) in [7, 11) is 3.97. The molecule has 1 saturated heterocycles. The summed E-state index contributed by atoms with van der Waals surface area (Å²) in [4.78, 5) is 61.9. The van der Waals surface area contributed by atoms with Crippen LogP contribution in [0.4, 0.5) is 5.82 Å². The van der Waals surface area contributed by atoms with Crippen molar-refractivity contribution in [1.82, 2.24) is 20.2 Å². The minimum Gasteiger partial charge on any atom is -0.491 e. The van der Waals surface area contributed by atoms with Gasteiger partial charge in [-0.1, -0.05) is 30.3 Å². The molecule has 2 aromatic heterocycles. The first-order valence-corrected chi connectivity index (χ1v) is 19.4. The molecule has 0 radical (unpaired) electrons. The second kappa shape index (κ2) is 17.9. The summed E-state index contributed by atoms with van der Waals surface area (Å²) in [5.41, 5.74) is 5.93. The molecule has 2 aliphatic rings. The van der Waals surface area contributed by atoms with E-state index in [9.17, 15) is 19.2 Å². The maximum atomic E-state index is 13.0. The second-order valence-electron chi connectivity index (χ2n) is 13.6. The summed E-state index contributed by atoms with van der Waals surface area (Å²) in [6.07, 6.45) is 3.89. The first-order valence-electron chi connectivity index (χ1n) is 18.6. The Morgan fingerprint density at radius 2 is 1.46 bits per heavy atom. The molecule has 0 aliphatic carbocycles. The number of imide groups is 2. The Morgan fingerprint density at radius 3 is 2.18 bits per heavy atom. The number of hydrogen-bond acceptors (Lipinski definition) is 12. The molecule has 1 N–H and O–H groups in total. The van der Waals surface area contributed by atoms with Crippen molar-refractivity contribution < 1.29 is 38.1 Å². The Labute approximate surface area is 328 Å². The molecule has 0 saturated carbocycles. The predicted octanol–water partition coefficient (Wildman–Crippen LogP) is 5.55. The SMILES string of the molecule is CN(C)c1ccc(-c2ccc(-c3nc4ccc(CCCOCCOCCOCCOc5ccc6c(c5)C(=O)N(C5CCC(=O)NC5=O)C6=O)cc4s3)cc2)cn1. The normalized spacial score (nSPS) is 15.4. The largest absolute Gasteiger partial charge is 0.491 e. The summed E-state index contributed by atoms with van der Waals surface area (Å²) >= 11 is 1.70. The lowest BCUT2D eigenvalue weighted by Crippen LogP contribution is -2.54. The van der Waals surface area contributed by atoms with Crippen LogP contribution < -0.4 is 15.0 Å². The van der Waals surface area contributed by atoms with E-state index >= 15 is 0 Å². The van der Waals surface area contributed by atoms with Gasteiger partial charge in [-0.15, -0.1) is 11.3 Å². The number of ether oxygens (including phenoxy) is 4. The number of benzene rings is 3. The van der Waals surface area contributed by atoms with E-state index in [4.69, 9.17) is 23.9 Å². The summed E-state index contributed by atoms with van der Waals surface area (Å²) < 4.78 is 23.9. The third kappa shape index (κ3) is 9.11. The second-order valence-corrected chi connectivity index (χ2v) is 14.7. The maximum Gasteiger partial charge on any atom is 0.262 e. The van der Waals surface area contributed by atoms with E-state index in [0.717, 1.165) is 50.8 Å². The minimum absolute atomic E-state index is 0.0665. The van der Waals surface area contributed by atoms with Gasteiger partial charge < -0.3 is 23.8 Å². The van der Waals surface area contributed by atoms with Crippen LogP contribution in [0, 0.1) is 0 Å². The molecule has 5 aromatic rings. The molecular formula is C42H43N5O8S. The van der Waals surface area contributed by atoms with E-state index in [1.807, 2.05) is 31.3 Å². The zero-order valence-corrected chi connectivity index (χ0v) is 32.1. The number of aromatic nitrogens is 2. The van der Waals surface area contributed by atoms with Crippen LogP contribution in [0.15, 0.2) is 79.0 Å². The van der Waals surface area contributed by atoms with Crippen LogP contribution in [0.2, 0.25) is 0 Å². The van der Waals surface area contributed by atoms with E-state index in [-0.39, 0.29) is 30.6 Å². The molecule has 14 heteroatoms. The zero-order valence-electron chi connectivity index (χ0n) is 31.3. The smallest absolute Gasteiger partial charge is 0.262 e. The van der Waals surface area contributed by atoms with E-state index < -0.39 is 29.7 Å². The van der Waals surface area contributed by atoms with E-state index in [1.54, 1.807) is 17.4 Å². The van der Waals surface area contributed by atoms with Gasteiger partial charge in [0.25, 0.3) is 11.8 Å². The van der Waals surface area contributed by atoms with Crippen molar-refractivity contribution in [3.63, 3.8) is 0 Å². The number of aryl methyl sites for hydroxylation is 1. The highest BCUT2D eigenvalue weighted by molar-refractivity contribution is 7.21. The van der Waals surface area contributed by atoms with Crippen LogP contribution in [0.1, 0.15) is 45.5 Å². The Kier molecular flexibility index (Phi) is 12.4. The van der Waals surface area contributed by atoms with Crippen molar-refractivity contribution in [2.24, 2.45) is 0 Å². The van der Waals surface area contributed by atoms with Gasteiger partial charge in [-0.05, 0) is 72.9 Å². The average Bonchev–Trinajstić information content (AvgIpc) is 3.74. The highest BCUT2D eigenvalue weighted by Crippen LogP contribution is 2.33. The van der Waals surface area contributed by atoms with E-state index in [1.165, 1.54) is 22.4 Å². The lowest BCUT2D eigenvalue weighted by Gasteiger charge is -2.27. The molecule has 1 fully saturated rings. The summed E-state index contributed by atoms with van der Waals surface area (Å²) in [6, 6.07) is 22.7. The molecule has 1 unspecified atom stereocenters. The molecule has 290 valence electrons. The topological polar surface area (TPSA) is 149 Å². The highest BCUT2D eigenvalue weighted by atomic mass is 32.1. The van der Waals surface area contributed by atoms with E-state index in [0.29, 0.717) is 45.4 Å². The number of carbonyl (C=O) groups excluding carboxylic acids is 4. The molecule has 13 nitrogen and oxygen atoms in total. The minimum atomic E-state index is -1.01. The molecule has 0 spiro atoms. The molecule has 7 rings (SSSR count). The molecule has 3 aromatic carbocycles. The lowest BCUT2D eigenvalue weighted by atomic mass is 10.0. The van der Waals surface area contributed by atoms with Gasteiger partial charge in [0, 0.05) is 44.4 Å². The number of fused-ring (bicyclic) bond motifs is 2. The number of rotatable bonds is 18. The van der Waals surface area contributed by atoms with Crippen molar-refractivity contribution >= 4 is 51.0 Å². The lowest BCUT2D eigenvalue weighted by molar-refractivity contribution is -0.136. The van der Waals surface area contributed by atoms with Crippen molar-refractivity contribution in [2.75, 3.05) is 65.2 Å². The fraction of sp³-hybridized carbons (Fsp3) is 0.333. The molecule has 2 aliphatic heterocycles. The standard InChI is InChI=1S/C42H43N5O8S/c1-46(2)37-15-10-30(26-43-37)28-6-8-29(9-7-28)40-44-34-13-5-27(24-36(34)56-40)4-3-17-52-18-19-53-20-21-54-22-23-55-31-11-12-32-33(25-31)42(51)47(41(32)50)35-14-16-38(48)45-39(35)49/h5-13,15,24-26,35H,3-4,14,16-23H2,1-2H3,(H,45,48,49). The van der Waals surface area contributed by atoms with Crippen LogP contribution in [-0.2, 0) is 30.2 Å². The average molecular weight is 778 g/mol. The third-order valence-electron chi connectivity index (χ3n) is 9.53. The van der Waals surface area contributed by atoms with Gasteiger partial charge in [-0.3, -0.25) is 29.4 Å². The Bertz CT molecular complexity index is 2210. The molecule has 4 amide bonds. The third-order valence-corrected chi connectivity index (χ3v) is 10.6. The van der Waals surface area contributed by atoms with Crippen molar-refractivity contribution in [3.05, 3.63) is 95.7 Å². The summed E-state index contributed by atoms with van der Waals surface area (Å²) in [6.45, 7) is 2.94. The zero-order chi connectivity index (χ0) is 39.0. The van der Waals surface area contributed by atoms with Crippen LogP contribution >= 0.6 is 11.3 Å². The van der Waals surface area contributed by atoms with Gasteiger partial charge >= 0.3 is 0 Å². The van der Waals surface area contributed by atoms with Crippen LogP contribution in [0.5, 0.6) is 5.75 Å². The van der Waals surface area contributed by atoms with Crippen LogP contribution in [0.3, 0.4) is 0 Å². The monoisotopic (exact) mass is 777 g/mol. The molecule has 4 heterocycles. The first-order chi connectivity index (χ1) is 27.2. The van der Waals surface area contributed by atoms with Gasteiger partial charge in [0.15, 0.2) is 0 Å². The number of anilines is 1. The number of nitrogens with zero attached hydrogens (tertiary/aromatic N) is 4. The molecule has 1 atom stereocenters. The fourth-order valence-corrected chi connectivity index (χ4v) is 7.59. The van der Waals surface area contributed by atoms with Gasteiger partial charge in [0.1, 0.15) is 29.2 Å².